The first-order valence-corrected chi connectivity index (χ1v) is 16.2. The molecule has 0 radical (unpaired) electrons. The summed E-state index contributed by atoms with van der Waals surface area (Å²) in [4.78, 5) is 14.5. The fourth-order valence-corrected chi connectivity index (χ4v) is 9.05. The van der Waals surface area contributed by atoms with Crippen LogP contribution in [0.5, 0.6) is 0 Å². The van der Waals surface area contributed by atoms with Gasteiger partial charge in [-0.1, -0.05) is 0 Å². The van der Waals surface area contributed by atoms with Gasteiger partial charge in [-0.3, -0.25) is 0 Å². The van der Waals surface area contributed by atoms with E-state index >= 15 is 0 Å². The molecule has 0 bridgehead atoms. The van der Waals surface area contributed by atoms with E-state index in [1.165, 1.54) is 38.5 Å². The Morgan fingerprint density at radius 1 is 0.707 bits per heavy atom. The first-order valence-electron chi connectivity index (χ1n) is 14.6. The van der Waals surface area contributed by atoms with Gasteiger partial charge >= 0.3 is 231 Å². The molecule has 6 rings (SSSR count). The van der Waals surface area contributed by atoms with Crippen LogP contribution in [0.4, 0.5) is 0 Å². The van der Waals surface area contributed by atoms with Gasteiger partial charge in [0.1, 0.15) is 0 Å². The van der Waals surface area contributed by atoms with E-state index in [0.717, 1.165) is 37.3 Å². The summed E-state index contributed by atoms with van der Waals surface area (Å²) in [5.74, 6) is 0.410. The Morgan fingerprint density at radius 3 is 1.68 bits per heavy atom. The molecule has 2 atom stereocenters. The number of carbonyl (C=O) groups excluding carboxylic acids is 1. The van der Waals surface area contributed by atoms with Crippen LogP contribution in [-0.4, -0.2) is 20.2 Å². The monoisotopic (exact) mass is 584 g/mol. The Labute approximate surface area is 254 Å². The average molecular weight is 585 g/mol. The van der Waals surface area contributed by atoms with Crippen molar-refractivity contribution < 1.29 is 37.9 Å². The van der Waals surface area contributed by atoms with Gasteiger partial charge in [0.2, 0.25) is 0 Å². The van der Waals surface area contributed by atoms with Crippen molar-refractivity contribution >= 4 is 5.97 Å². The zero-order valence-corrected chi connectivity index (χ0v) is 26.0. The van der Waals surface area contributed by atoms with Gasteiger partial charge in [-0.05, 0) is 0 Å². The Balaban J connectivity index is 0.000000929. The molecule has 0 fully saturated rings. The molecule has 3 aliphatic carbocycles. The summed E-state index contributed by atoms with van der Waals surface area (Å²) in [6.45, 7) is 2.41. The van der Waals surface area contributed by atoms with Gasteiger partial charge < -0.3 is 10.2 Å². The van der Waals surface area contributed by atoms with E-state index in [1.807, 2.05) is 54.6 Å². The van der Waals surface area contributed by atoms with Gasteiger partial charge in [0.15, 0.2) is 0 Å². The minimum absolute atomic E-state index is 0.132. The molecule has 0 N–H and O–H groups in total. The van der Waals surface area contributed by atoms with Crippen LogP contribution in [0.1, 0.15) is 68.6 Å². The fraction of sp³-hybridized carbons (Fsp3) is 0.361. The Hall–Kier alpha value is -2.76. The third-order valence-electron chi connectivity index (χ3n) is 8.73. The molecule has 5 heteroatoms. The molecule has 0 aliphatic heterocycles. The molecule has 4 nitrogen and oxygen atoms in total. The summed E-state index contributed by atoms with van der Waals surface area (Å²) in [5.41, 5.74) is 8.56. The van der Waals surface area contributed by atoms with Crippen LogP contribution in [0.15, 0.2) is 113 Å². The molecular weight excluding hydrogens is 544 g/mol. The molecule has 0 aromatic heterocycles. The molecule has 3 aromatic rings. The van der Waals surface area contributed by atoms with E-state index < -0.39 is 25.0 Å². The van der Waals surface area contributed by atoms with Crippen molar-refractivity contribution in [2.45, 2.75) is 61.5 Å². The minimum Gasteiger partial charge on any atom is -0.857 e. The molecule has 3 aliphatic rings. The third-order valence-corrected chi connectivity index (χ3v) is 10.6. The Morgan fingerprint density at radius 2 is 1.17 bits per heavy atom. The van der Waals surface area contributed by atoms with E-state index in [-0.39, 0.29) is 5.97 Å². The molecule has 212 valence electrons. The van der Waals surface area contributed by atoms with Gasteiger partial charge in [0, 0.05) is 0 Å². The maximum absolute atomic E-state index is 14.5. The van der Waals surface area contributed by atoms with Crippen molar-refractivity contribution in [1.82, 2.24) is 0 Å². The second kappa shape index (κ2) is 14.9. The van der Waals surface area contributed by atoms with Gasteiger partial charge in [-0.15, -0.1) is 0 Å². The maximum Gasteiger partial charge on any atom is -0.153 e. The number of fused-ring (bicyclic) bond motifs is 1. The van der Waals surface area contributed by atoms with Gasteiger partial charge in [-0.2, -0.15) is 14.2 Å². The maximum atomic E-state index is 14.5. The number of allylic oxidation sites excluding steroid dienone is 4. The van der Waals surface area contributed by atoms with Crippen molar-refractivity contribution in [1.29, 1.82) is 0 Å². The van der Waals surface area contributed by atoms with Crippen LogP contribution < -0.4 is 10.2 Å². The Bertz CT molecular complexity index is 1240. The van der Waals surface area contributed by atoms with Gasteiger partial charge in [0.05, 0.1) is 0 Å². The van der Waals surface area contributed by atoms with Crippen molar-refractivity contribution in [2.24, 2.45) is 5.92 Å². The SMILES string of the molecule is CC1C2=C(CCCC2)C2=C1[CH]([Ti+2][O]C(=O)C(c1ccccc1)(c1ccccc1)c1ccccc1)CCC2.C[O-].C[O-]. The van der Waals surface area contributed by atoms with E-state index in [1.54, 1.807) is 22.3 Å². The summed E-state index contributed by atoms with van der Waals surface area (Å²) in [6.07, 6.45) is 8.76. The second-order valence-corrected chi connectivity index (χ2v) is 12.4. The van der Waals surface area contributed by atoms with Crippen LogP contribution in [0.25, 0.3) is 0 Å². The van der Waals surface area contributed by atoms with Crippen molar-refractivity contribution in [3.63, 3.8) is 0 Å². The molecule has 0 spiro atoms. The molecular formula is C36H40O4Ti. The zero-order valence-electron chi connectivity index (χ0n) is 24.4. The summed E-state index contributed by atoms with van der Waals surface area (Å²) in [7, 11) is 1.50. The molecule has 0 saturated heterocycles. The van der Waals surface area contributed by atoms with E-state index in [0.29, 0.717) is 10.1 Å². The largest absolute Gasteiger partial charge is 0.857 e. The number of hydrogen-bond donors (Lipinski definition) is 0. The number of rotatable bonds is 6. The summed E-state index contributed by atoms with van der Waals surface area (Å²) in [6, 6.07) is 30.6. The number of carbonyl (C=O) groups is 1. The predicted molar refractivity (Wildman–Crippen MR) is 156 cm³/mol. The van der Waals surface area contributed by atoms with E-state index in [2.05, 4.69) is 43.3 Å². The number of hydrogen-bond acceptors (Lipinski definition) is 4. The summed E-state index contributed by atoms with van der Waals surface area (Å²) >= 11 is -0.974. The summed E-state index contributed by atoms with van der Waals surface area (Å²) < 4.78 is 6.99. The standard InChI is InChI=1S/C20H16O2.C14H19.2CH3O.Ti/c21-19(22)20(16-10-4-1-5-11-16,17-12-6-2-7-13-17)18-14-8-3-9-15-18;1-10-11-6-2-4-8-13(11)14-9-5-3-7-12(10)14;2*1-2;/h1-15H,(H,21,22);6,10H,2-5,7-9H2,1H3;2*1H3;/q;;2*-1;+3/p-1. The molecule has 0 heterocycles. The minimum atomic E-state index is -0.988. The topological polar surface area (TPSA) is 72.4 Å². The molecule has 2 unspecified atom stereocenters. The fourth-order valence-electron chi connectivity index (χ4n) is 7.06. The second-order valence-electron chi connectivity index (χ2n) is 10.7. The van der Waals surface area contributed by atoms with Crippen molar-refractivity contribution in [3.8, 4) is 0 Å². The predicted octanol–water partition coefficient (Wildman–Crippen LogP) is 6.30. The summed E-state index contributed by atoms with van der Waals surface area (Å²) in [5, 5.41) is 16.5. The normalized spacial score (nSPS) is 19.4. The third kappa shape index (κ3) is 6.08. The zero-order chi connectivity index (χ0) is 29.2. The smallest absolute Gasteiger partial charge is 0.153 e. The van der Waals surface area contributed by atoms with Crippen molar-refractivity contribution in [3.05, 3.63) is 130 Å². The molecule has 0 amide bonds. The van der Waals surface area contributed by atoms with Crippen LogP contribution >= 0.6 is 0 Å². The average Bonchev–Trinajstić information content (AvgIpc) is 3.36. The van der Waals surface area contributed by atoms with Crippen LogP contribution in [0.3, 0.4) is 0 Å². The van der Waals surface area contributed by atoms with E-state index in [9.17, 15) is 4.79 Å². The van der Waals surface area contributed by atoms with Crippen molar-refractivity contribution in [2.75, 3.05) is 14.2 Å². The van der Waals surface area contributed by atoms with Gasteiger partial charge in [-0.25, -0.2) is 0 Å². The van der Waals surface area contributed by atoms with Gasteiger partial charge in [0.25, 0.3) is 0 Å². The molecule has 41 heavy (non-hydrogen) atoms. The first kappa shape index (κ1) is 31.2. The van der Waals surface area contributed by atoms with E-state index in [4.69, 9.17) is 13.5 Å². The first-order chi connectivity index (χ1) is 20.2. The Kier molecular flexibility index (Phi) is 11.4. The molecule has 3 aromatic carbocycles. The van der Waals surface area contributed by atoms with Crippen LogP contribution in [0, 0.1) is 5.92 Å². The van der Waals surface area contributed by atoms with Crippen LogP contribution in [0.2, 0.25) is 4.22 Å². The molecule has 0 saturated carbocycles. The quantitative estimate of drug-likeness (QED) is 0.252. The van der Waals surface area contributed by atoms with Crippen LogP contribution in [-0.2, 0) is 33.1 Å². The number of benzene rings is 3.